The minimum Gasteiger partial charge on any atom is -0.358 e. The summed E-state index contributed by atoms with van der Waals surface area (Å²) in [4.78, 5) is 0. The Kier molecular flexibility index (Phi) is 5.35. The summed E-state index contributed by atoms with van der Waals surface area (Å²) in [6, 6.07) is 18.4. The molecule has 2 rings (SSSR count). The molecule has 3 heteroatoms. The smallest absolute Gasteiger partial charge is 0.0642 e. The van der Waals surface area contributed by atoms with E-state index in [1.807, 2.05) is 18.2 Å². The maximum Gasteiger partial charge on any atom is 0.0642 e. The van der Waals surface area contributed by atoms with E-state index in [-0.39, 0.29) is 12.5 Å². The maximum atomic E-state index is 8.65. The van der Waals surface area contributed by atoms with E-state index in [2.05, 4.69) is 55.2 Å². The molecule has 0 bridgehead atoms. The lowest BCUT2D eigenvalue weighted by Crippen LogP contribution is -2.25. The first kappa shape index (κ1) is 15.8. The Balaban J connectivity index is 2.06. The largest absolute Gasteiger partial charge is 0.358 e. The molecule has 0 spiro atoms. The number of rotatable bonds is 6. The van der Waals surface area contributed by atoms with Crippen LogP contribution in [-0.4, -0.2) is 6.04 Å². The Morgan fingerprint density at radius 3 is 2.18 bits per heavy atom. The lowest BCUT2D eigenvalue weighted by atomic mass is 10.0. The molecule has 0 aliphatic rings. The summed E-state index contributed by atoms with van der Waals surface area (Å²) in [6.07, 6.45) is 1.31. The first-order valence-corrected chi connectivity index (χ1v) is 7.41. The third-order valence-corrected chi connectivity index (χ3v) is 3.64. The minimum atomic E-state index is -0.355. The second kappa shape index (κ2) is 7.44. The molecule has 0 radical (unpaired) electrons. The zero-order chi connectivity index (χ0) is 15.9. The zero-order valence-electron chi connectivity index (χ0n) is 12.8. The quantitative estimate of drug-likeness (QED) is 0.843. The Morgan fingerprint density at radius 2 is 1.68 bits per heavy atom. The predicted molar refractivity (Wildman–Crippen MR) is 92.2 cm³/mol. The van der Waals surface area contributed by atoms with Crippen LogP contribution in [0.3, 0.4) is 0 Å². The third kappa shape index (κ3) is 3.97. The fourth-order valence-electron chi connectivity index (χ4n) is 2.18. The van der Waals surface area contributed by atoms with Crippen LogP contribution in [0.1, 0.15) is 18.9 Å². The van der Waals surface area contributed by atoms with Gasteiger partial charge in [0.15, 0.2) is 0 Å². The Labute approximate surface area is 132 Å². The fraction of sp³-hybridized carbons (Fsp3) is 0.211. The van der Waals surface area contributed by atoms with Gasteiger partial charge in [0, 0.05) is 11.4 Å². The summed E-state index contributed by atoms with van der Waals surface area (Å²) in [5.74, 6) is 0. The lowest BCUT2D eigenvalue weighted by Gasteiger charge is -2.14. The average Bonchev–Trinajstić information content (AvgIpc) is 2.56. The van der Waals surface area contributed by atoms with E-state index in [0.29, 0.717) is 5.70 Å². The molecule has 0 aliphatic carbocycles. The SMILES string of the molecule is C=C(Nc1ccc(-c2ccc(CC)cc2)cc1)C(N)CC#N. The van der Waals surface area contributed by atoms with Gasteiger partial charge in [-0.15, -0.1) is 0 Å². The van der Waals surface area contributed by atoms with E-state index < -0.39 is 0 Å². The molecule has 0 saturated heterocycles. The van der Waals surface area contributed by atoms with Gasteiger partial charge >= 0.3 is 0 Å². The highest BCUT2D eigenvalue weighted by Gasteiger charge is 2.06. The van der Waals surface area contributed by atoms with Gasteiger partial charge in [0.25, 0.3) is 0 Å². The lowest BCUT2D eigenvalue weighted by molar-refractivity contribution is 0.799. The van der Waals surface area contributed by atoms with E-state index in [9.17, 15) is 0 Å². The van der Waals surface area contributed by atoms with Crippen LogP contribution in [0, 0.1) is 11.3 Å². The molecule has 0 saturated carbocycles. The van der Waals surface area contributed by atoms with Crippen LogP contribution in [0.5, 0.6) is 0 Å². The van der Waals surface area contributed by atoms with Crippen LogP contribution in [-0.2, 0) is 6.42 Å². The van der Waals surface area contributed by atoms with Gasteiger partial charge in [-0.3, -0.25) is 0 Å². The first-order chi connectivity index (χ1) is 10.6. The zero-order valence-corrected chi connectivity index (χ0v) is 12.8. The molecule has 1 unspecified atom stereocenters. The van der Waals surface area contributed by atoms with Gasteiger partial charge in [0.1, 0.15) is 0 Å². The van der Waals surface area contributed by atoms with Crippen molar-refractivity contribution in [3.8, 4) is 17.2 Å². The van der Waals surface area contributed by atoms with Crippen LogP contribution >= 0.6 is 0 Å². The van der Waals surface area contributed by atoms with E-state index in [0.717, 1.165) is 12.1 Å². The molecule has 22 heavy (non-hydrogen) atoms. The molecular weight excluding hydrogens is 270 g/mol. The van der Waals surface area contributed by atoms with Gasteiger partial charge in [0.2, 0.25) is 0 Å². The Bertz CT molecular complexity index is 663. The summed E-state index contributed by atoms with van der Waals surface area (Å²) < 4.78 is 0. The summed E-state index contributed by atoms with van der Waals surface area (Å²) in [5, 5.41) is 11.8. The molecule has 0 fully saturated rings. The summed E-state index contributed by atoms with van der Waals surface area (Å²) in [6.45, 7) is 6.03. The molecular formula is C19H21N3. The van der Waals surface area contributed by atoms with Crippen LogP contribution in [0.4, 0.5) is 5.69 Å². The Hall–Kier alpha value is -2.57. The maximum absolute atomic E-state index is 8.65. The number of benzene rings is 2. The van der Waals surface area contributed by atoms with Crippen LogP contribution < -0.4 is 11.1 Å². The van der Waals surface area contributed by atoms with Crippen molar-refractivity contribution in [3.63, 3.8) is 0 Å². The van der Waals surface area contributed by atoms with E-state index >= 15 is 0 Å². The molecule has 112 valence electrons. The van der Waals surface area contributed by atoms with Crippen molar-refractivity contribution in [1.82, 2.24) is 0 Å². The van der Waals surface area contributed by atoms with Crippen molar-refractivity contribution >= 4 is 5.69 Å². The number of nitriles is 1. The molecule has 3 N–H and O–H groups in total. The highest BCUT2D eigenvalue weighted by molar-refractivity contribution is 5.66. The van der Waals surface area contributed by atoms with Crippen LogP contribution in [0.2, 0.25) is 0 Å². The van der Waals surface area contributed by atoms with E-state index in [1.54, 1.807) is 0 Å². The number of nitrogens with one attached hydrogen (secondary N) is 1. The average molecular weight is 291 g/mol. The van der Waals surface area contributed by atoms with Crippen LogP contribution in [0.15, 0.2) is 60.8 Å². The first-order valence-electron chi connectivity index (χ1n) is 7.41. The van der Waals surface area contributed by atoms with Gasteiger partial charge in [0.05, 0.1) is 18.5 Å². The number of aryl methyl sites for hydroxylation is 1. The molecule has 1 atom stereocenters. The molecule has 0 heterocycles. The second-order valence-corrected chi connectivity index (χ2v) is 5.25. The van der Waals surface area contributed by atoms with Crippen molar-refractivity contribution < 1.29 is 0 Å². The number of hydrogen-bond acceptors (Lipinski definition) is 3. The molecule has 0 aliphatic heterocycles. The predicted octanol–water partition coefficient (Wildman–Crippen LogP) is 4.08. The number of anilines is 1. The summed E-state index contributed by atoms with van der Waals surface area (Å²) >= 11 is 0. The van der Waals surface area contributed by atoms with Gasteiger partial charge in [-0.1, -0.05) is 49.9 Å². The standard InChI is InChI=1S/C19H21N3/c1-3-15-4-6-16(7-5-15)17-8-10-18(11-9-17)22-14(2)19(21)12-13-20/h4-11,19,22H,2-3,12,21H2,1H3. The van der Waals surface area contributed by atoms with Gasteiger partial charge < -0.3 is 11.1 Å². The van der Waals surface area contributed by atoms with Crippen molar-refractivity contribution in [3.05, 3.63) is 66.4 Å². The van der Waals surface area contributed by atoms with Crippen LogP contribution in [0.25, 0.3) is 11.1 Å². The van der Waals surface area contributed by atoms with E-state index in [4.69, 9.17) is 11.0 Å². The number of nitrogens with two attached hydrogens (primary N) is 1. The van der Waals surface area contributed by atoms with Gasteiger partial charge in [-0.25, -0.2) is 0 Å². The van der Waals surface area contributed by atoms with E-state index in [1.165, 1.54) is 16.7 Å². The van der Waals surface area contributed by atoms with Gasteiger partial charge in [-0.05, 0) is 35.2 Å². The summed E-state index contributed by atoms with van der Waals surface area (Å²) in [5.41, 5.74) is 11.1. The van der Waals surface area contributed by atoms with Crippen molar-refractivity contribution in [2.45, 2.75) is 25.8 Å². The Morgan fingerprint density at radius 1 is 1.14 bits per heavy atom. The molecule has 2 aromatic rings. The highest BCUT2D eigenvalue weighted by Crippen LogP contribution is 2.22. The van der Waals surface area contributed by atoms with Gasteiger partial charge in [-0.2, -0.15) is 5.26 Å². The van der Waals surface area contributed by atoms with Crippen molar-refractivity contribution in [1.29, 1.82) is 5.26 Å². The number of hydrogen-bond donors (Lipinski definition) is 2. The molecule has 3 nitrogen and oxygen atoms in total. The highest BCUT2D eigenvalue weighted by atomic mass is 14.9. The fourth-order valence-corrected chi connectivity index (χ4v) is 2.18. The minimum absolute atomic E-state index is 0.258. The monoisotopic (exact) mass is 291 g/mol. The third-order valence-electron chi connectivity index (χ3n) is 3.64. The van der Waals surface area contributed by atoms with Crippen molar-refractivity contribution in [2.75, 3.05) is 5.32 Å². The second-order valence-electron chi connectivity index (χ2n) is 5.25. The molecule has 0 aromatic heterocycles. The number of nitrogens with zero attached hydrogens (tertiary/aromatic N) is 1. The normalized spacial score (nSPS) is 11.5. The topological polar surface area (TPSA) is 61.8 Å². The molecule has 0 amide bonds. The van der Waals surface area contributed by atoms with Crippen molar-refractivity contribution in [2.24, 2.45) is 5.73 Å². The molecule has 2 aromatic carbocycles. The summed E-state index contributed by atoms with van der Waals surface area (Å²) in [7, 11) is 0.